The molecule has 2 aromatic carbocycles. The van der Waals surface area contributed by atoms with Gasteiger partial charge in [-0.2, -0.15) is 0 Å². The summed E-state index contributed by atoms with van der Waals surface area (Å²) < 4.78 is 10.0. The summed E-state index contributed by atoms with van der Waals surface area (Å²) >= 11 is 0. The van der Waals surface area contributed by atoms with Crippen LogP contribution in [0.1, 0.15) is 0 Å². The molecule has 0 bridgehead atoms. The molecule has 5 nitrogen and oxygen atoms in total. The summed E-state index contributed by atoms with van der Waals surface area (Å²) in [7, 11) is 0. The minimum absolute atomic E-state index is 0.674. The highest BCUT2D eigenvalue weighted by atomic mass is 16.5. The van der Waals surface area contributed by atoms with Crippen molar-refractivity contribution in [3.05, 3.63) is 61.2 Å². The van der Waals surface area contributed by atoms with Crippen LogP contribution in [-0.2, 0) is 17.8 Å². The van der Waals surface area contributed by atoms with Crippen molar-refractivity contribution < 1.29 is 4.74 Å². The van der Waals surface area contributed by atoms with Crippen LogP contribution in [0.25, 0.3) is 22.1 Å². The second-order valence-corrected chi connectivity index (χ2v) is 5.47. The predicted molar refractivity (Wildman–Crippen MR) is 90.3 cm³/mol. The van der Waals surface area contributed by atoms with Gasteiger partial charge in [0.25, 0.3) is 0 Å². The molecule has 0 spiro atoms. The first-order chi connectivity index (χ1) is 11.4. The minimum atomic E-state index is 0.674. The Bertz CT molecular complexity index is 849. The van der Waals surface area contributed by atoms with Gasteiger partial charge in [-0.1, -0.05) is 24.3 Å². The van der Waals surface area contributed by atoms with Crippen molar-refractivity contribution in [3.63, 3.8) is 0 Å². The Balaban J connectivity index is 1.31. The zero-order valence-corrected chi connectivity index (χ0v) is 12.8. The predicted octanol–water partition coefficient (Wildman–Crippen LogP) is 3.10. The summed E-state index contributed by atoms with van der Waals surface area (Å²) in [6.45, 7) is 2.97. The molecule has 0 fully saturated rings. The lowest BCUT2D eigenvalue weighted by molar-refractivity contribution is 0.120. The van der Waals surface area contributed by atoms with Gasteiger partial charge in [0, 0.05) is 13.1 Å². The molecule has 0 atom stereocenters. The summed E-state index contributed by atoms with van der Waals surface area (Å²) in [5.41, 5.74) is 4.35. The van der Waals surface area contributed by atoms with Gasteiger partial charge in [0.05, 0.1) is 47.9 Å². The van der Waals surface area contributed by atoms with E-state index in [-0.39, 0.29) is 0 Å². The lowest BCUT2D eigenvalue weighted by Gasteiger charge is -2.07. The molecule has 0 unspecified atom stereocenters. The van der Waals surface area contributed by atoms with Crippen molar-refractivity contribution in [1.82, 2.24) is 19.1 Å². The molecular formula is C18H18N4O. The van der Waals surface area contributed by atoms with Crippen LogP contribution in [-0.4, -0.2) is 32.3 Å². The SMILES string of the molecule is c1ccc2c(c1)ncn2CCOCCn1cnc2ccccc21. The van der Waals surface area contributed by atoms with Gasteiger partial charge in [0.1, 0.15) is 0 Å². The highest BCUT2D eigenvalue weighted by molar-refractivity contribution is 5.75. The van der Waals surface area contributed by atoms with Crippen LogP contribution in [0.5, 0.6) is 0 Å². The van der Waals surface area contributed by atoms with Crippen LogP contribution in [0.2, 0.25) is 0 Å². The Labute approximate surface area is 134 Å². The molecule has 0 radical (unpaired) electrons. The first kappa shape index (κ1) is 14.0. The van der Waals surface area contributed by atoms with E-state index in [0.29, 0.717) is 13.2 Å². The monoisotopic (exact) mass is 306 g/mol. The lowest BCUT2D eigenvalue weighted by Crippen LogP contribution is -2.09. The fourth-order valence-corrected chi connectivity index (χ4v) is 2.80. The molecule has 0 aliphatic heterocycles. The second-order valence-electron chi connectivity index (χ2n) is 5.47. The first-order valence-electron chi connectivity index (χ1n) is 7.79. The van der Waals surface area contributed by atoms with Gasteiger partial charge in [0.15, 0.2) is 0 Å². The third-order valence-electron chi connectivity index (χ3n) is 4.01. The molecule has 0 aliphatic rings. The number of fused-ring (bicyclic) bond motifs is 2. The Morgan fingerprint density at radius 2 is 1.17 bits per heavy atom. The molecule has 23 heavy (non-hydrogen) atoms. The van der Waals surface area contributed by atoms with Crippen molar-refractivity contribution >= 4 is 22.1 Å². The average Bonchev–Trinajstić information content (AvgIpc) is 3.19. The first-order valence-corrected chi connectivity index (χ1v) is 7.79. The Kier molecular flexibility index (Phi) is 3.78. The summed E-state index contributed by atoms with van der Waals surface area (Å²) in [5.74, 6) is 0. The minimum Gasteiger partial charge on any atom is -0.378 e. The molecule has 0 amide bonds. The number of aromatic nitrogens is 4. The fourth-order valence-electron chi connectivity index (χ4n) is 2.80. The standard InChI is InChI=1S/C18H18N4O/c1-3-7-17-15(5-1)19-13-21(17)9-11-23-12-10-22-14-20-16-6-2-4-8-18(16)22/h1-8,13-14H,9-12H2. The molecule has 0 aliphatic carbocycles. The molecule has 116 valence electrons. The van der Waals surface area contributed by atoms with Gasteiger partial charge in [0.2, 0.25) is 0 Å². The number of imidazole rings is 2. The maximum atomic E-state index is 5.78. The van der Waals surface area contributed by atoms with E-state index >= 15 is 0 Å². The van der Waals surface area contributed by atoms with Crippen molar-refractivity contribution in [3.8, 4) is 0 Å². The van der Waals surface area contributed by atoms with E-state index < -0.39 is 0 Å². The van der Waals surface area contributed by atoms with Crippen LogP contribution in [0.15, 0.2) is 61.2 Å². The Morgan fingerprint density at radius 1 is 0.696 bits per heavy atom. The summed E-state index contributed by atoms with van der Waals surface area (Å²) in [5, 5.41) is 0. The van der Waals surface area contributed by atoms with E-state index in [0.717, 1.165) is 35.2 Å². The molecule has 0 N–H and O–H groups in total. The van der Waals surface area contributed by atoms with Crippen LogP contribution in [0.3, 0.4) is 0 Å². The summed E-state index contributed by atoms with van der Waals surface area (Å²) in [4.78, 5) is 8.77. The number of hydrogen-bond donors (Lipinski definition) is 0. The van der Waals surface area contributed by atoms with E-state index in [9.17, 15) is 0 Å². The lowest BCUT2D eigenvalue weighted by atomic mass is 10.3. The zero-order chi connectivity index (χ0) is 15.5. The summed E-state index contributed by atoms with van der Waals surface area (Å²) in [6, 6.07) is 16.3. The van der Waals surface area contributed by atoms with Crippen molar-refractivity contribution in [1.29, 1.82) is 0 Å². The van der Waals surface area contributed by atoms with Gasteiger partial charge in [-0.25, -0.2) is 9.97 Å². The number of ether oxygens (including phenoxy) is 1. The van der Waals surface area contributed by atoms with E-state index in [1.807, 2.05) is 49.1 Å². The van der Waals surface area contributed by atoms with Crippen LogP contribution >= 0.6 is 0 Å². The number of nitrogens with zero attached hydrogens (tertiary/aromatic N) is 4. The van der Waals surface area contributed by atoms with Gasteiger partial charge in [-0.15, -0.1) is 0 Å². The maximum absolute atomic E-state index is 5.78. The van der Waals surface area contributed by atoms with Crippen molar-refractivity contribution in [2.24, 2.45) is 0 Å². The molecule has 5 heteroatoms. The van der Waals surface area contributed by atoms with Crippen LogP contribution in [0.4, 0.5) is 0 Å². The molecule has 0 saturated heterocycles. The van der Waals surface area contributed by atoms with E-state index in [2.05, 4.69) is 31.2 Å². The number of benzene rings is 2. The van der Waals surface area contributed by atoms with Crippen LogP contribution < -0.4 is 0 Å². The van der Waals surface area contributed by atoms with Gasteiger partial charge < -0.3 is 13.9 Å². The largest absolute Gasteiger partial charge is 0.378 e. The van der Waals surface area contributed by atoms with E-state index in [4.69, 9.17) is 4.74 Å². The fraction of sp³-hybridized carbons (Fsp3) is 0.222. The Morgan fingerprint density at radius 3 is 1.70 bits per heavy atom. The molecular weight excluding hydrogens is 288 g/mol. The third kappa shape index (κ3) is 2.83. The van der Waals surface area contributed by atoms with Gasteiger partial charge in [-0.3, -0.25) is 0 Å². The van der Waals surface area contributed by atoms with Crippen molar-refractivity contribution in [2.75, 3.05) is 13.2 Å². The van der Waals surface area contributed by atoms with Gasteiger partial charge >= 0.3 is 0 Å². The Hall–Kier alpha value is -2.66. The summed E-state index contributed by atoms with van der Waals surface area (Å²) in [6.07, 6.45) is 3.74. The third-order valence-corrected chi connectivity index (χ3v) is 4.01. The molecule has 2 heterocycles. The van der Waals surface area contributed by atoms with Crippen molar-refractivity contribution in [2.45, 2.75) is 13.1 Å². The smallest absolute Gasteiger partial charge is 0.0959 e. The topological polar surface area (TPSA) is 44.9 Å². The number of para-hydroxylation sites is 4. The second kappa shape index (κ2) is 6.22. The molecule has 0 saturated carbocycles. The number of hydrogen-bond acceptors (Lipinski definition) is 3. The van der Waals surface area contributed by atoms with E-state index in [1.54, 1.807) is 0 Å². The highest BCUT2D eigenvalue weighted by Crippen LogP contribution is 2.12. The zero-order valence-electron chi connectivity index (χ0n) is 12.8. The average molecular weight is 306 g/mol. The van der Waals surface area contributed by atoms with Gasteiger partial charge in [-0.05, 0) is 24.3 Å². The molecule has 4 aromatic rings. The molecule has 4 rings (SSSR count). The van der Waals surface area contributed by atoms with Crippen LogP contribution in [0, 0.1) is 0 Å². The highest BCUT2D eigenvalue weighted by Gasteiger charge is 2.02. The quantitative estimate of drug-likeness (QED) is 0.514. The number of rotatable bonds is 6. The normalized spacial score (nSPS) is 11.5. The molecule has 2 aromatic heterocycles. The maximum Gasteiger partial charge on any atom is 0.0959 e. The van der Waals surface area contributed by atoms with E-state index in [1.165, 1.54) is 0 Å².